The Morgan fingerprint density at radius 2 is 0.865 bits per heavy atom. The second kappa shape index (κ2) is 21.3. The maximum Gasteiger partial charge on any atom is 0.362 e. The number of carboxylic acid groups (broad SMARTS) is 3. The Balaban J connectivity index is 5.39. The largest absolute Gasteiger partial charge is 0.544 e. The van der Waals surface area contributed by atoms with Crippen molar-refractivity contribution in [1.29, 1.82) is 0 Å². The number of carboxylic acids is 3. The van der Waals surface area contributed by atoms with Gasteiger partial charge in [-0.3, -0.25) is 4.48 Å². The van der Waals surface area contributed by atoms with Gasteiger partial charge >= 0.3 is 11.9 Å². The molecule has 0 aromatic rings. The fourth-order valence-corrected chi connectivity index (χ4v) is 6.04. The fraction of sp³-hybridized carbons (Fsp3) is 0.900. The van der Waals surface area contributed by atoms with Gasteiger partial charge in [0.2, 0.25) is 0 Å². The average molecular weight is 528 g/mol. The zero-order valence-electron chi connectivity index (χ0n) is 24.3. The van der Waals surface area contributed by atoms with E-state index in [1.165, 1.54) is 57.8 Å². The molecule has 0 aliphatic rings. The highest BCUT2D eigenvalue weighted by atomic mass is 16.4. The van der Waals surface area contributed by atoms with Crippen molar-refractivity contribution >= 4 is 17.9 Å². The molecule has 3 unspecified atom stereocenters. The molecule has 0 heterocycles. The van der Waals surface area contributed by atoms with E-state index in [1.54, 1.807) is 0 Å². The molecule has 0 aliphatic carbocycles. The molecule has 0 aromatic heterocycles. The van der Waals surface area contributed by atoms with Crippen molar-refractivity contribution in [3.05, 3.63) is 0 Å². The van der Waals surface area contributed by atoms with Gasteiger partial charge < -0.3 is 20.1 Å². The number of aliphatic carboxylic acids is 3. The van der Waals surface area contributed by atoms with Gasteiger partial charge in [0.25, 0.3) is 0 Å². The molecule has 0 fully saturated rings. The number of quaternary nitrogens is 1. The van der Waals surface area contributed by atoms with Crippen LogP contribution in [-0.2, 0) is 14.4 Å². The summed E-state index contributed by atoms with van der Waals surface area (Å²) < 4.78 is -0.430. The Morgan fingerprint density at radius 3 is 1.16 bits per heavy atom. The SMILES string of the molecule is CCCCCCCCCCCCCCC[N+](C(CCC)C(=O)[O-])(C(CCC)C(=O)O)C(CCC)C(=O)O. The zero-order chi connectivity index (χ0) is 28.1. The van der Waals surface area contributed by atoms with Gasteiger partial charge in [0.05, 0.1) is 12.5 Å². The number of hydrogen-bond acceptors (Lipinski definition) is 4. The molecular formula is C30H57NO6. The van der Waals surface area contributed by atoms with E-state index in [2.05, 4.69) is 6.92 Å². The van der Waals surface area contributed by atoms with Crippen LogP contribution < -0.4 is 5.11 Å². The third kappa shape index (κ3) is 12.6. The second-order valence-corrected chi connectivity index (χ2v) is 10.9. The summed E-state index contributed by atoms with van der Waals surface area (Å²) in [5.74, 6) is -3.55. The molecule has 0 aliphatic heterocycles. The molecule has 0 rings (SSSR count). The van der Waals surface area contributed by atoms with E-state index in [0.29, 0.717) is 25.7 Å². The molecule has 0 bridgehead atoms. The standard InChI is InChI=1S/C30H57NO6/c1-5-9-10-11-12-13-14-15-16-17-18-19-20-24-31(25(21-6-2)28(32)33,26(22-7-3)29(34)35)27(23-8-4)30(36)37/h25-27H,5-24H2,1-4H3,(H2-,32,33,34,35,36,37). The lowest BCUT2D eigenvalue weighted by atomic mass is 9.91. The molecule has 37 heavy (non-hydrogen) atoms. The predicted molar refractivity (Wildman–Crippen MR) is 147 cm³/mol. The van der Waals surface area contributed by atoms with Crippen molar-refractivity contribution < 1.29 is 34.2 Å². The summed E-state index contributed by atoms with van der Waals surface area (Å²) in [6, 6.07) is -3.31. The lowest BCUT2D eigenvalue weighted by molar-refractivity contribution is -0.975. The number of nitrogens with zero attached hydrogens (tertiary/aromatic N) is 1. The van der Waals surface area contributed by atoms with E-state index in [1.807, 2.05) is 20.8 Å². The topological polar surface area (TPSA) is 115 Å². The number of carbonyl (C=O) groups excluding carboxylic acids is 1. The number of carbonyl (C=O) groups is 3. The molecule has 0 aromatic carbocycles. The van der Waals surface area contributed by atoms with E-state index >= 15 is 0 Å². The molecule has 7 heteroatoms. The first-order valence-electron chi connectivity index (χ1n) is 15.3. The number of unbranched alkanes of at least 4 members (excludes halogenated alkanes) is 12. The third-order valence-electron chi connectivity index (χ3n) is 7.92. The van der Waals surface area contributed by atoms with Crippen LogP contribution in [0.5, 0.6) is 0 Å². The first kappa shape index (κ1) is 35.4. The summed E-state index contributed by atoms with van der Waals surface area (Å²) in [6.45, 7) is 8.04. The van der Waals surface area contributed by atoms with Crippen LogP contribution in [0.15, 0.2) is 0 Å². The molecule has 218 valence electrons. The van der Waals surface area contributed by atoms with Crippen molar-refractivity contribution in [2.24, 2.45) is 0 Å². The molecule has 3 atom stereocenters. The maximum atomic E-state index is 12.5. The van der Waals surface area contributed by atoms with Crippen molar-refractivity contribution in [3.63, 3.8) is 0 Å². The van der Waals surface area contributed by atoms with Crippen LogP contribution in [0.4, 0.5) is 0 Å². The summed E-state index contributed by atoms with van der Waals surface area (Å²) in [7, 11) is 0. The van der Waals surface area contributed by atoms with Gasteiger partial charge in [0, 0.05) is 19.3 Å². The van der Waals surface area contributed by atoms with E-state index in [-0.39, 0.29) is 25.8 Å². The van der Waals surface area contributed by atoms with Gasteiger partial charge in [0.1, 0.15) is 6.04 Å². The summed E-state index contributed by atoms with van der Waals surface area (Å²) in [6.07, 6.45) is 17.4. The summed E-state index contributed by atoms with van der Waals surface area (Å²) >= 11 is 0. The monoisotopic (exact) mass is 527 g/mol. The lowest BCUT2D eigenvalue weighted by Gasteiger charge is -2.52. The van der Waals surface area contributed by atoms with Crippen molar-refractivity contribution in [3.8, 4) is 0 Å². The van der Waals surface area contributed by atoms with E-state index in [0.717, 1.165) is 19.3 Å². The molecule has 0 saturated carbocycles. The van der Waals surface area contributed by atoms with Crippen molar-refractivity contribution in [1.82, 2.24) is 0 Å². The van der Waals surface area contributed by atoms with Crippen LogP contribution in [0.1, 0.15) is 150 Å². The predicted octanol–water partition coefficient (Wildman–Crippen LogP) is 6.32. The molecule has 0 radical (unpaired) electrons. The lowest BCUT2D eigenvalue weighted by Crippen LogP contribution is -2.74. The van der Waals surface area contributed by atoms with E-state index in [4.69, 9.17) is 0 Å². The minimum atomic E-state index is -1.33. The first-order valence-corrected chi connectivity index (χ1v) is 15.3. The number of rotatable bonds is 26. The number of hydrogen-bond donors (Lipinski definition) is 2. The van der Waals surface area contributed by atoms with Crippen LogP contribution in [0.2, 0.25) is 0 Å². The Kier molecular flexibility index (Phi) is 20.4. The Bertz CT molecular complexity index is 563. The van der Waals surface area contributed by atoms with Gasteiger partial charge in [-0.25, -0.2) is 9.59 Å². The molecule has 0 spiro atoms. The smallest absolute Gasteiger partial charge is 0.362 e. The zero-order valence-corrected chi connectivity index (χ0v) is 24.3. The highest BCUT2D eigenvalue weighted by Crippen LogP contribution is 2.34. The Hall–Kier alpha value is -1.63. The van der Waals surface area contributed by atoms with Crippen molar-refractivity contribution in [2.45, 2.75) is 168 Å². The van der Waals surface area contributed by atoms with Gasteiger partial charge in [-0.15, -0.1) is 0 Å². The highest BCUT2D eigenvalue weighted by molar-refractivity contribution is 5.77. The maximum absolute atomic E-state index is 12.5. The van der Waals surface area contributed by atoms with Crippen LogP contribution in [0.25, 0.3) is 0 Å². The summed E-state index contributed by atoms with van der Waals surface area (Å²) in [4.78, 5) is 37.4. The Labute approximate surface area is 226 Å². The average Bonchev–Trinajstić information content (AvgIpc) is 2.85. The van der Waals surface area contributed by atoms with Crippen LogP contribution in [0.3, 0.4) is 0 Å². The summed E-state index contributed by atoms with van der Waals surface area (Å²) in [5, 5.41) is 32.9. The molecule has 0 amide bonds. The second-order valence-electron chi connectivity index (χ2n) is 10.9. The minimum absolute atomic E-state index is 0.210. The molecular weight excluding hydrogens is 470 g/mol. The van der Waals surface area contributed by atoms with Crippen LogP contribution in [0, 0.1) is 0 Å². The molecule has 0 saturated heterocycles. The van der Waals surface area contributed by atoms with Crippen molar-refractivity contribution in [2.75, 3.05) is 6.54 Å². The van der Waals surface area contributed by atoms with Gasteiger partial charge in [-0.1, -0.05) is 105 Å². The molecule has 7 nitrogen and oxygen atoms in total. The first-order chi connectivity index (χ1) is 17.7. The van der Waals surface area contributed by atoms with Gasteiger partial charge in [-0.2, -0.15) is 0 Å². The quantitative estimate of drug-likeness (QED) is 0.100. The van der Waals surface area contributed by atoms with Gasteiger partial charge in [-0.05, 0) is 25.7 Å². The van der Waals surface area contributed by atoms with E-state index < -0.39 is 40.5 Å². The fourth-order valence-electron chi connectivity index (χ4n) is 6.04. The minimum Gasteiger partial charge on any atom is -0.544 e. The normalized spacial score (nSPS) is 15.6. The Morgan fingerprint density at radius 1 is 0.541 bits per heavy atom. The van der Waals surface area contributed by atoms with Crippen LogP contribution >= 0.6 is 0 Å². The summed E-state index contributed by atoms with van der Waals surface area (Å²) in [5.41, 5.74) is 0. The third-order valence-corrected chi connectivity index (χ3v) is 7.92. The van der Waals surface area contributed by atoms with Gasteiger partial charge in [0.15, 0.2) is 12.1 Å². The van der Waals surface area contributed by atoms with E-state index in [9.17, 15) is 29.7 Å². The van der Waals surface area contributed by atoms with Crippen LogP contribution in [-0.4, -0.2) is 57.3 Å². The highest BCUT2D eigenvalue weighted by Gasteiger charge is 2.54. The molecule has 2 N–H and O–H groups in total.